The van der Waals surface area contributed by atoms with Crippen molar-refractivity contribution in [2.45, 2.75) is 18.6 Å². The average molecular weight is 191 g/mol. The summed E-state index contributed by atoms with van der Waals surface area (Å²) in [6.45, 7) is 0. The molecule has 2 atom stereocenters. The van der Waals surface area contributed by atoms with Crippen LogP contribution in [0.5, 0.6) is 0 Å². The van der Waals surface area contributed by atoms with Gasteiger partial charge in [0.15, 0.2) is 6.17 Å². The van der Waals surface area contributed by atoms with Gasteiger partial charge in [-0.15, -0.1) is 0 Å². The van der Waals surface area contributed by atoms with E-state index >= 15 is 0 Å². The number of hydrogen-bond donors (Lipinski definition) is 2. The van der Waals surface area contributed by atoms with Crippen LogP contribution >= 0.6 is 0 Å². The molecule has 13 heavy (non-hydrogen) atoms. The fourth-order valence-electron chi connectivity index (χ4n) is 1.15. The van der Waals surface area contributed by atoms with Crippen molar-refractivity contribution in [2.24, 2.45) is 0 Å². The molecule has 7 heteroatoms. The molecule has 1 aliphatic rings. The highest BCUT2D eigenvalue weighted by Crippen LogP contribution is 2.21. The first kappa shape index (κ1) is 9.43. The third kappa shape index (κ3) is 1.44. The van der Waals surface area contributed by atoms with Crippen LogP contribution in [0.2, 0.25) is 0 Å². The molecule has 0 aromatic heterocycles. The second kappa shape index (κ2) is 3.00. The van der Waals surface area contributed by atoms with Crippen molar-refractivity contribution in [2.75, 3.05) is 0 Å². The van der Waals surface area contributed by atoms with E-state index in [0.717, 1.165) is 0 Å². The van der Waals surface area contributed by atoms with Crippen molar-refractivity contribution in [1.29, 1.82) is 0 Å². The molecule has 2 amide bonds. The van der Waals surface area contributed by atoms with E-state index in [9.17, 15) is 18.8 Å². The standard InChI is InChI=1S/C6H6FNO5/c7-2-1-3(5(10)11)8(4(2)9)6(12)13/h2-3H,1H2,(H,10,11)(H,12,13)/t2-,3-/m0/s1. The molecule has 0 saturated carbocycles. The second-order valence-corrected chi connectivity index (χ2v) is 2.55. The summed E-state index contributed by atoms with van der Waals surface area (Å²) in [7, 11) is 0. The summed E-state index contributed by atoms with van der Waals surface area (Å²) in [5, 5.41) is 16.8. The van der Waals surface area contributed by atoms with Gasteiger partial charge in [0.1, 0.15) is 6.04 Å². The summed E-state index contributed by atoms with van der Waals surface area (Å²) in [5.41, 5.74) is 0. The predicted octanol–water partition coefficient (Wildman–Crippen LogP) is -0.312. The number of imide groups is 1. The summed E-state index contributed by atoms with van der Waals surface area (Å²) in [5.74, 6) is -2.82. The first-order valence-corrected chi connectivity index (χ1v) is 3.38. The highest BCUT2D eigenvalue weighted by molar-refractivity contribution is 6.00. The summed E-state index contributed by atoms with van der Waals surface area (Å²) in [6, 6.07) is -1.60. The Labute approximate surface area is 71.6 Å². The van der Waals surface area contributed by atoms with Gasteiger partial charge in [-0.3, -0.25) is 4.79 Å². The van der Waals surface area contributed by atoms with E-state index in [4.69, 9.17) is 10.2 Å². The molecule has 6 nitrogen and oxygen atoms in total. The van der Waals surface area contributed by atoms with E-state index in [2.05, 4.69) is 0 Å². The SMILES string of the molecule is O=C(O)[C@@H]1C[C@H](F)C(=O)N1C(=O)O. The minimum absolute atomic E-state index is 0.00694. The van der Waals surface area contributed by atoms with Crippen LogP contribution in [-0.2, 0) is 9.59 Å². The zero-order valence-electron chi connectivity index (χ0n) is 6.31. The maximum absolute atomic E-state index is 12.6. The van der Waals surface area contributed by atoms with Crippen LogP contribution in [0.3, 0.4) is 0 Å². The lowest BCUT2D eigenvalue weighted by atomic mass is 10.2. The number of amides is 2. The number of aliphatic carboxylic acids is 1. The molecular weight excluding hydrogens is 185 g/mol. The fourth-order valence-corrected chi connectivity index (χ4v) is 1.15. The van der Waals surface area contributed by atoms with Crippen LogP contribution in [0.15, 0.2) is 0 Å². The van der Waals surface area contributed by atoms with Gasteiger partial charge in [-0.2, -0.15) is 0 Å². The molecule has 0 unspecified atom stereocenters. The van der Waals surface area contributed by atoms with Crippen LogP contribution < -0.4 is 0 Å². The molecule has 0 aromatic rings. The first-order valence-electron chi connectivity index (χ1n) is 3.38. The first-order chi connectivity index (χ1) is 5.95. The van der Waals surface area contributed by atoms with Crippen molar-refractivity contribution >= 4 is 18.0 Å². The van der Waals surface area contributed by atoms with Gasteiger partial charge in [0, 0.05) is 6.42 Å². The number of likely N-dealkylation sites (tertiary alicyclic amines) is 1. The number of alkyl halides is 1. The Bertz CT molecular complexity index is 278. The Kier molecular flexibility index (Phi) is 2.18. The summed E-state index contributed by atoms with van der Waals surface area (Å²) >= 11 is 0. The van der Waals surface area contributed by atoms with Crippen LogP contribution in [0.1, 0.15) is 6.42 Å². The Morgan fingerprint density at radius 2 is 2.00 bits per heavy atom. The van der Waals surface area contributed by atoms with Crippen molar-refractivity contribution in [3.8, 4) is 0 Å². The number of rotatable bonds is 1. The van der Waals surface area contributed by atoms with Crippen molar-refractivity contribution < 1.29 is 29.0 Å². The minimum atomic E-state index is -2.03. The zero-order valence-corrected chi connectivity index (χ0v) is 6.31. The van der Waals surface area contributed by atoms with E-state index in [1.807, 2.05) is 0 Å². The van der Waals surface area contributed by atoms with E-state index in [0.29, 0.717) is 0 Å². The lowest BCUT2D eigenvalue weighted by Gasteiger charge is -2.14. The number of carbonyl (C=O) groups is 3. The molecule has 72 valence electrons. The van der Waals surface area contributed by atoms with Gasteiger partial charge < -0.3 is 10.2 Å². The predicted molar refractivity (Wildman–Crippen MR) is 35.8 cm³/mol. The molecule has 1 aliphatic heterocycles. The molecule has 1 rings (SSSR count). The maximum atomic E-state index is 12.6. The van der Waals surface area contributed by atoms with Gasteiger partial charge >= 0.3 is 12.1 Å². The average Bonchev–Trinajstić information content (AvgIpc) is 2.28. The van der Waals surface area contributed by atoms with Gasteiger partial charge in [0.25, 0.3) is 5.91 Å². The van der Waals surface area contributed by atoms with Gasteiger partial charge in [-0.1, -0.05) is 0 Å². The highest BCUT2D eigenvalue weighted by Gasteiger charge is 2.47. The minimum Gasteiger partial charge on any atom is -0.480 e. The molecule has 0 bridgehead atoms. The Hall–Kier alpha value is -1.66. The number of hydrogen-bond acceptors (Lipinski definition) is 3. The Morgan fingerprint density at radius 3 is 2.31 bits per heavy atom. The molecule has 1 heterocycles. The molecule has 0 aliphatic carbocycles. The zero-order chi connectivity index (χ0) is 10.2. The molecule has 0 aromatic carbocycles. The largest absolute Gasteiger partial charge is 0.480 e. The molecule has 0 radical (unpaired) electrons. The summed E-state index contributed by atoms with van der Waals surface area (Å²) < 4.78 is 12.6. The van der Waals surface area contributed by atoms with Crippen LogP contribution in [0, 0.1) is 0 Å². The van der Waals surface area contributed by atoms with Crippen molar-refractivity contribution in [3.63, 3.8) is 0 Å². The van der Waals surface area contributed by atoms with E-state index in [1.165, 1.54) is 0 Å². The monoisotopic (exact) mass is 191 g/mol. The topological polar surface area (TPSA) is 94.9 Å². The van der Waals surface area contributed by atoms with E-state index < -0.39 is 36.6 Å². The lowest BCUT2D eigenvalue weighted by molar-refractivity contribution is -0.145. The lowest BCUT2D eigenvalue weighted by Crippen LogP contribution is -2.42. The Balaban J connectivity index is 2.93. The van der Waals surface area contributed by atoms with Crippen LogP contribution in [-0.4, -0.2) is 45.3 Å². The quantitative estimate of drug-likeness (QED) is 0.592. The van der Waals surface area contributed by atoms with Crippen molar-refractivity contribution in [1.82, 2.24) is 4.90 Å². The Morgan fingerprint density at radius 1 is 1.46 bits per heavy atom. The highest BCUT2D eigenvalue weighted by atomic mass is 19.1. The number of carboxylic acids is 1. The normalized spacial score (nSPS) is 27.8. The van der Waals surface area contributed by atoms with E-state index in [1.54, 1.807) is 0 Å². The number of halogens is 1. The molecule has 0 spiro atoms. The molecular formula is C6H6FNO5. The molecule has 1 fully saturated rings. The number of nitrogens with zero attached hydrogens (tertiary/aromatic N) is 1. The fraction of sp³-hybridized carbons (Fsp3) is 0.500. The molecule has 2 N–H and O–H groups in total. The second-order valence-electron chi connectivity index (χ2n) is 2.55. The van der Waals surface area contributed by atoms with Gasteiger partial charge in [-0.25, -0.2) is 18.9 Å². The number of carboxylic acid groups (broad SMARTS) is 2. The van der Waals surface area contributed by atoms with Gasteiger partial charge in [0.2, 0.25) is 0 Å². The van der Waals surface area contributed by atoms with Crippen LogP contribution in [0.25, 0.3) is 0 Å². The van der Waals surface area contributed by atoms with E-state index in [-0.39, 0.29) is 4.90 Å². The third-order valence-electron chi connectivity index (χ3n) is 1.74. The summed E-state index contributed by atoms with van der Waals surface area (Å²) in [6.07, 6.45) is -4.38. The third-order valence-corrected chi connectivity index (χ3v) is 1.74. The summed E-state index contributed by atoms with van der Waals surface area (Å²) in [4.78, 5) is 31.5. The van der Waals surface area contributed by atoms with Crippen LogP contribution in [0.4, 0.5) is 9.18 Å². The smallest absolute Gasteiger partial charge is 0.414 e. The van der Waals surface area contributed by atoms with Gasteiger partial charge in [0.05, 0.1) is 0 Å². The number of carbonyl (C=O) groups excluding carboxylic acids is 1. The molecule has 1 saturated heterocycles. The maximum Gasteiger partial charge on any atom is 0.414 e. The van der Waals surface area contributed by atoms with Crippen molar-refractivity contribution in [3.05, 3.63) is 0 Å². The van der Waals surface area contributed by atoms with Gasteiger partial charge in [-0.05, 0) is 0 Å².